The number of fused-ring (bicyclic) bond motifs is 2. The van der Waals surface area contributed by atoms with E-state index in [9.17, 15) is 28.8 Å². The van der Waals surface area contributed by atoms with Crippen LogP contribution in [0.25, 0.3) is 21.8 Å². The van der Waals surface area contributed by atoms with Crippen molar-refractivity contribution in [1.29, 1.82) is 0 Å². The number of aromatic nitrogens is 2. The van der Waals surface area contributed by atoms with E-state index < -0.39 is 22.8 Å². The normalized spacial score (nSPS) is 10.9. The van der Waals surface area contributed by atoms with Crippen molar-refractivity contribution in [3.8, 4) is 11.5 Å². The van der Waals surface area contributed by atoms with Crippen molar-refractivity contribution in [2.24, 2.45) is 5.92 Å². The number of hydrogen-bond donors (Lipinski definition) is 4. The maximum atomic E-state index is 12.0. The van der Waals surface area contributed by atoms with Crippen molar-refractivity contribution >= 4 is 33.7 Å². The molecule has 2 aromatic heterocycles. The van der Waals surface area contributed by atoms with Crippen LogP contribution in [0.5, 0.6) is 11.5 Å². The van der Waals surface area contributed by atoms with E-state index in [0.717, 1.165) is 18.6 Å². The molecule has 0 aliphatic heterocycles. The summed E-state index contributed by atoms with van der Waals surface area (Å²) in [6.07, 6.45) is 4.29. The van der Waals surface area contributed by atoms with Crippen LogP contribution < -0.4 is 31.2 Å². The highest BCUT2D eigenvalue weighted by Crippen LogP contribution is 2.13. The Morgan fingerprint density at radius 3 is 1.63 bits per heavy atom. The van der Waals surface area contributed by atoms with Gasteiger partial charge in [0.25, 0.3) is 0 Å². The van der Waals surface area contributed by atoms with E-state index in [1.165, 1.54) is 36.4 Å². The number of carbonyl (C=O) groups is 2. The van der Waals surface area contributed by atoms with E-state index in [1.807, 2.05) is 20.8 Å². The zero-order chi connectivity index (χ0) is 31.7. The topological polar surface area (TPSA) is 193 Å². The first kappa shape index (κ1) is 32.0. The predicted octanol–water partition coefficient (Wildman–Crippen LogP) is 3.55. The monoisotopic (exact) mass is 590 g/mol. The first-order valence-electron chi connectivity index (χ1n) is 13.2. The number of carboxylic acids is 2. The Morgan fingerprint density at radius 2 is 1.21 bits per heavy atom. The van der Waals surface area contributed by atoms with Gasteiger partial charge in [0.15, 0.2) is 22.4 Å². The Hall–Kier alpha value is -5.52. The second-order valence-electron chi connectivity index (χ2n) is 9.68. The zero-order valence-corrected chi connectivity index (χ0v) is 23.6. The number of H-pyrrole nitrogens is 2. The highest BCUT2D eigenvalue weighted by molar-refractivity contribution is 5.90. The molecule has 0 bridgehead atoms. The van der Waals surface area contributed by atoms with Gasteiger partial charge in [0, 0.05) is 22.9 Å². The third-order valence-corrected chi connectivity index (χ3v) is 6.02. The van der Waals surface area contributed by atoms with Crippen LogP contribution in [0.1, 0.15) is 48.2 Å². The molecule has 4 aromatic rings. The fraction of sp³-hybridized carbons (Fsp3) is 0.226. The van der Waals surface area contributed by atoms with Crippen LogP contribution in [0.4, 0.5) is 0 Å². The summed E-state index contributed by atoms with van der Waals surface area (Å²) >= 11 is 0. The van der Waals surface area contributed by atoms with Crippen molar-refractivity contribution in [1.82, 2.24) is 9.97 Å². The van der Waals surface area contributed by atoms with Gasteiger partial charge in [-0.15, -0.1) is 0 Å². The Morgan fingerprint density at radius 1 is 0.744 bits per heavy atom. The first-order valence-corrected chi connectivity index (χ1v) is 13.2. The van der Waals surface area contributed by atoms with E-state index >= 15 is 0 Å². The average molecular weight is 591 g/mol. The molecule has 0 aliphatic carbocycles. The van der Waals surface area contributed by atoms with Gasteiger partial charge in [0.05, 0.1) is 17.6 Å². The smallest absolute Gasteiger partial charge is 0.352 e. The maximum absolute atomic E-state index is 12.0. The number of pyridine rings is 2. The molecule has 0 aliphatic rings. The van der Waals surface area contributed by atoms with Gasteiger partial charge in [-0.05, 0) is 55.7 Å². The van der Waals surface area contributed by atoms with E-state index in [1.54, 1.807) is 12.2 Å². The van der Waals surface area contributed by atoms with E-state index in [4.69, 9.17) is 19.7 Å². The van der Waals surface area contributed by atoms with Gasteiger partial charge in [0.1, 0.15) is 18.0 Å². The van der Waals surface area contributed by atoms with Crippen molar-refractivity contribution in [3.05, 3.63) is 113 Å². The van der Waals surface area contributed by atoms with Crippen LogP contribution in [0, 0.1) is 5.92 Å². The van der Waals surface area contributed by atoms with Crippen LogP contribution in [0.2, 0.25) is 0 Å². The van der Waals surface area contributed by atoms with Crippen molar-refractivity contribution < 1.29 is 29.3 Å². The third-order valence-electron chi connectivity index (χ3n) is 6.02. The molecule has 224 valence electrons. The Labute approximate surface area is 243 Å². The number of aromatic amines is 2. The third kappa shape index (κ3) is 8.49. The fourth-order valence-corrected chi connectivity index (χ4v) is 3.72. The molecule has 0 spiro atoms. The van der Waals surface area contributed by atoms with Crippen LogP contribution in [0.3, 0.4) is 0 Å². The molecule has 0 radical (unpaired) electrons. The molecule has 2 heterocycles. The van der Waals surface area contributed by atoms with Gasteiger partial charge in [-0.2, -0.15) is 0 Å². The molecule has 0 amide bonds. The highest BCUT2D eigenvalue weighted by Gasteiger charge is 2.11. The van der Waals surface area contributed by atoms with E-state index in [2.05, 4.69) is 9.97 Å². The van der Waals surface area contributed by atoms with Gasteiger partial charge in [-0.1, -0.05) is 26.0 Å². The summed E-state index contributed by atoms with van der Waals surface area (Å²) in [7, 11) is 0. The average Bonchev–Trinajstić information content (AvgIpc) is 3.21. The number of aromatic carboxylic acids is 2. The molecule has 0 saturated heterocycles. The second kappa shape index (κ2) is 14.4. The van der Waals surface area contributed by atoms with Crippen LogP contribution in [0.15, 0.2) is 79.9 Å². The van der Waals surface area contributed by atoms with Crippen LogP contribution in [-0.4, -0.2) is 45.3 Å². The molecular formula is C31H30N2O10. The Kier molecular flexibility index (Phi) is 10.7. The quantitative estimate of drug-likeness (QED) is 0.210. The molecule has 12 heteroatoms. The highest BCUT2D eigenvalue weighted by atomic mass is 16.5. The Balaban J connectivity index is 0.000000236. The lowest BCUT2D eigenvalue weighted by Crippen LogP contribution is -2.09. The first-order chi connectivity index (χ1) is 20.4. The van der Waals surface area contributed by atoms with Gasteiger partial charge in [-0.3, -0.25) is 19.2 Å². The van der Waals surface area contributed by atoms with Crippen LogP contribution >= 0.6 is 0 Å². The second-order valence-corrected chi connectivity index (χ2v) is 9.68. The fourth-order valence-electron chi connectivity index (χ4n) is 3.72. The summed E-state index contributed by atoms with van der Waals surface area (Å²) in [6, 6.07) is 9.91. The van der Waals surface area contributed by atoms with Gasteiger partial charge in [-0.25, -0.2) is 9.59 Å². The summed E-state index contributed by atoms with van der Waals surface area (Å²) in [5, 5.41) is 18.3. The van der Waals surface area contributed by atoms with E-state index in [0.29, 0.717) is 12.5 Å². The SMILES string of the molecule is CC(C)CCOc1cc2c(=O)cc(C(=O)O)[nH]c2ccc1=O.CC=CCOc1cc2c(=O)cc(C(=O)O)[nH]c2ccc1=O. The van der Waals surface area contributed by atoms with Crippen molar-refractivity contribution in [2.75, 3.05) is 13.2 Å². The van der Waals surface area contributed by atoms with E-state index in [-0.39, 0.29) is 62.2 Å². The number of nitrogens with one attached hydrogen (secondary N) is 2. The Bertz CT molecular complexity index is 1940. The minimum atomic E-state index is -1.24. The predicted molar refractivity (Wildman–Crippen MR) is 161 cm³/mol. The summed E-state index contributed by atoms with van der Waals surface area (Å²) in [5.74, 6) is -1.92. The molecular weight excluding hydrogens is 560 g/mol. The number of rotatable bonds is 9. The minimum Gasteiger partial charge on any atom is -0.489 e. The van der Waals surface area contributed by atoms with Crippen molar-refractivity contribution in [3.63, 3.8) is 0 Å². The van der Waals surface area contributed by atoms with Crippen molar-refractivity contribution in [2.45, 2.75) is 27.2 Å². The molecule has 0 atom stereocenters. The summed E-state index contributed by atoms with van der Waals surface area (Å²) in [6.45, 7) is 6.49. The van der Waals surface area contributed by atoms with Crippen LogP contribution in [-0.2, 0) is 0 Å². The number of carboxylic acid groups (broad SMARTS) is 2. The molecule has 4 rings (SSSR count). The molecule has 0 unspecified atom stereocenters. The number of hydrogen-bond acceptors (Lipinski definition) is 8. The number of ether oxygens (including phenoxy) is 2. The zero-order valence-electron chi connectivity index (χ0n) is 23.6. The van der Waals surface area contributed by atoms with Gasteiger partial charge >= 0.3 is 11.9 Å². The molecule has 4 N–H and O–H groups in total. The lowest BCUT2D eigenvalue weighted by molar-refractivity contribution is 0.0680. The molecule has 2 aromatic carbocycles. The number of allylic oxidation sites excluding steroid dienone is 1. The van der Waals surface area contributed by atoms with Gasteiger partial charge in [0.2, 0.25) is 10.9 Å². The largest absolute Gasteiger partial charge is 0.489 e. The standard InChI is InChI=1S/C16H17NO5.C15H13NO5/c1-9(2)5-6-22-15-7-10-11(3-4-13(15)18)17-12(16(20)21)8-14(10)19;1-2-3-6-21-14-7-9-10(4-5-12(14)17)16-11(15(19)20)8-13(9)18/h3-4,7-9H,5-6H2,1-2H3,(H,17,19)(H,20,21);2-5,7-8H,6H2,1H3,(H,16,18)(H,19,20). The minimum absolute atomic E-state index is 0.0386. The van der Waals surface area contributed by atoms with Gasteiger partial charge < -0.3 is 29.7 Å². The lowest BCUT2D eigenvalue weighted by atomic mass is 10.1. The summed E-state index contributed by atoms with van der Waals surface area (Å²) in [4.78, 5) is 75.0. The summed E-state index contributed by atoms with van der Waals surface area (Å²) < 4.78 is 10.8. The summed E-state index contributed by atoms with van der Waals surface area (Å²) in [5.41, 5.74) is -1.63. The molecule has 12 nitrogen and oxygen atoms in total. The molecule has 43 heavy (non-hydrogen) atoms. The maximum Gasteiger partial charge on any atom is 0.352 e. The molecule has 0 fully saturated rings. The lowest BCUT2D eigenvalue weighted by Gasteiger charge is -2.06. The molecule has 0 saturated carbocycles.